The third kappa shape index (κ3) is 3.34. The molecular weight excluding hydrogens is 429 g/mol. The minimum atomic E-state index is -4.51. The van der Waals surface area contributed by atoms with Crippen molar-refractivity contribution < 1.29 is 18.0 Å². The van der Waals surface area contributed by atoms with Crippen LogP contribution in [0.25, 0.3) is 0 Å². The molecule has 0 radical (unpaired) electrons. The number of aromatic nitrogens is 3. The predicted molar refractivity (Wildman–Crippen MR) is 118 cm³/mol. The van der Waals surface area contributed by atoms with E-state index in [9.17, 15) is 18.0 Å². The van der Waals surface area contributed by atoms with E-state index in [0.717, 1.165) is 24.2 Å². The zero-order valence-electron chi connectivity index (χ0n) is 18.8. The lowest BCUT2D eigenvalue weighted by Gasteiger charge is -2.46. The Kier molecular flexibility index (Phi) is 4.88. The van der Waals surface area contributed by atoms with Crippen molar-refractivity contribution in [2.45, 2.75) is 51.2 Å². The molecule has 0 atom stereocenters. The number of rotatable bonds is 4. The fourth-order valence-corrected chi connectivity index (χ4v) is 5.50. The van der Waals surface area contributed by atoms with Gasteiger partial charge in [-0.1, -0.05) is 26.0 Å². The van der Waals surface area contributed by atoms with E-state index in [1.165, 1.54) is 11.0 Å². The maximum absolute atomic E-state index is 13.8. The number of halogens is 3. The summed E-state index contributed by atoms with van der Waals surface area (Å²) in [5, 5.41) is 8.41. The van der Waals surface area contributed by atoms with E-state index in [-0.39, 0.29) is 23.1 Å². The van der Waals surface area contributed by atoms with E-state index in [4.69, 9.17) is 0 Å². The minimum Gasteiger partial charge on any atom is -0.320 e. The molecule has 0 bridgehead atoms. The fraction of sp³-hybridized carbons (Fsp3) is 0.400. The Bertz CT molecular complexity index is 1240. The highest BCUT2D eigenvalue weighted by atomic mass is 19.4. The second kappa shape index (κ2) is 7.43. The Morgan fingerprint density at radius 1 is 1.18 bits per heavy atom. The number of nitrogens with zero attached hydrogens (tertiary/aromatic N) is 4. The molecule has 1 aliphatic carbocycles. The number of aryl methyl sites for hydroxylation is 2. The van der Waals surface area contributed by atoms with Crippen molar-refractivity contribution in [3.8, 4) is 0 Å². The van der Waals surface area contributed by atoms with Crippen LogP contribution in [0.5, 0.6) is 0 Å². The van der Waals surface area contributed by atoms with Gasteiger partial charge in [-0.15, -0.1) is 10.2 Å². The molecule has 1 aliphatic heterocycles. The first-order chi connectivity index (χ1) is 15.6. The van der Waals surface area contributed by atoms with Gasteiger partial charge in [0.25, 0.3) is 5.91 Å². The van der Waals surface area contributed by atoms with Gasteiger partial charge < -0.3 is 9.47 Å². The third-order valence-electron chi connectivity index (χ3n) is 7.06. The smallest absolute Gasteiger partial charge is 0.320 e. The normalized spacial score (nSPS) is 22.4. The molecule has 0 saturated heterocycles. The van der Waals surface area contributed by atoms with Crippen LogP contribution in [-0.2, 0) is 31.6 Å². The van der Waals surface area contributed by atoms with Crippen LogP contribution < -0.4 is 4.90 Å². The highest BCUT2D eigenvalue weighted by Crippen LogP contribution is 2.52. The average Bonchev–Trinajstić information content (AvgIpc) is 3.33. The van der Waals surface area contributed by atoms with Crippen molar-refractivity contribution in [1.29, 1.82) is 0 Å². The highest BCUT2D eigenvalue weighted by Gasteiger charge is 2.48. The van der Waals surface area contributed by atoms with Crippen molar-refractivity contribution in [2.24, 2.45) is 13.0 Å². The van der Waals surface area contributed by atoms with Gasteiger partial charge in [0.15, 0.2) is 0 Å². The van der Waals surface area contributed by atoms with Crippen LogP contribution in [0.1, 0.15) is 65.1 Å². The van der Waals surface area contributed by atoms with Crippen LogP contribution in [0.2, 0.25) is 0 Å². The van der Waals surface area contributed by atoms with E-state index in [1.807, 2.05) is 29.8 Å². The topological polar surface area (TPSA) is 51.0 Å². The molecule has 0 unspecified atom stereocenters. The molecule has 0 N–H and O–H groups in total. The Balaban J connectivity index is 1.56. The SMILES string of the molecule is CCc1cc2c(c(C(F)(F)F)c1)CN(c1cccc(C3(c4nncn4C)CC(C)C3)c1)C2=O. The lowest BCUT2D eigenvalue weighted by molar-refractivity contribution is -0.138. The fourth-order valence-electron chi connectivity index (χ4n) is 5.50. The molecule has 33 heavy (non-hydrogen) atoms. The first kappa shape index (κ1) is 21.7. The van der Waals surface area contributed by atoms with Crippen LogP contribution in [-0.4, -0.2) is 20.7 Å². The van der Waals surface area contributed by atoms with Gasteiger partial charge in [-0.3, -0.25) is 4.79 Å². The van der Waals surface area contributed by atoms with Gasteiger partial charge >= 0.3 is 6.18 Å². The van der Waals surface area contributed by atoms with Crippen molar-refractivity contribution in [1.82, 2.24) is 14.8 Å². The van der Waals surface area contributed by atoms with E-state index >= 15 is 0 Å². The van der Waals surface area contributed by atoms with Crippen LogP contribution in [0, 0.1) is 5.92 Å². The number of hydrogen-bond acceptors (Lipinski definition) is 3. The standard InChI is InChI=1S/C25H25F3N4O/c1-4-16-8-19-20(21(9-16)25(26,27)28)13-32(22(19)33)18-7-5-6-17(10-18)24(11-15(2)12-24)23-30-29-14-31(23)3/h5-10,14-15H,4,11-13H2,1-3H3. The molecule has 5 nitrogen and oxygen atoms in total. The highest BCUT2D eigenvalue weighted by molar-refractivity contribution is 6.10. The van der Waals surface area contributed by atoms with Gasteiger partial charge in [0.2, 0.25) is 0 Å². The molecule has 172 valence electrons. The maximum Gasteiger partial charge on any atom is 0.416 e. The molecule has 3 aromatic rings. The molecule has 8 heteroatoms. The number of carbonyl (C=O) groups excluding carboxylic acids is 1. The van der Waals surface area contributed by atoms with Gasteiger partial charge in [-0.25, -0.2) is 0 Å². The third-order valence-corrected chi connectivity index (χ3v) is 7.06. The number of benzene rings is 2. The van der Waals surface area contributed by atoms with Crippen molar-refractivity contribution in [2.75, 3.05) is 4.90 Å². The van der Waals surface area contributed by atoms with E-state index in [2.05, 4.69) is 17.1 Å². The van der Waals surface area contributed by atoms with Crippen LogP contribution in [0.3, 0.4) is 0 Å². The summed E-state index contributed by atoms with van der Waals surface area (Å²) in [6.07, 6.45) is -0.610. The molecule has 2 aliphatic rings. The second-order valence-corrected chi connectivity index (χ2v) is 9.32. The first-order valence-corrected chi connectivity index (χ1v) is 11.1. The van der Waals surface area contributed by atoms with Crippen molar-refractivity contribution >= 4 is 11.6 Å². The number of amides is 1. The van der Waals surface area contributed by atoms with Gasteiger partial charge in [-0.05, 0) is 66.1 Å². The number of carbonyl (C=O) groups is 1. The molecule has 5 rings (SSSR count). The maximum atomic E-state index is 13.8. The summed E-state index contributed by atoms with van der Waals surface area (Å²) in [4.78, 5) is 14.7. The summed E-state index contributed by atoms with van der Waals surface area (Å²) in [5.74, 6) is 0.989. The molecule has 2 aromatic carbocycles. The summed E-state index contributed by atoms with van der Waals surface area (Å²) in [6.45, 7) is 3.88. The number of alkyl halides is 3. The molecule has 1 fully saturated rings. The number of hydrogen-bond donors (Lipinski definition) is 0. The molecule has 0 spiro atoms. The Morgan fingerprint density at radius 3 is 2.55 bits per heavy atom. The van der Waals surface area contributed by atoms with Gasteiger partial charge in [0, 0.05) is 18.3 Å². The van der Waals surface area contributed by atoms with Crippen LogP contribution in [0.4, 0.5) is 18.9 Å². The summed E-state index contributed by atoms with van der Waals surface area (Å²) in [5.41, 5.74) is 1.27. The summed E-state index contributed by atoms with van der Waals surface area (Å²) in [6, 6.07) is 10.4. The summed E-state index contributed by atoms with van der Waals surface area (Å²) >= 11 is 0. The van der Waals surface area contributed by atoms with Crippen LogP contribution in [0.15, 0.2) is 42.7 Å². The monoisotopic (exact) mass is 454 g/mol. The van der Waals surface area contributed by atoms with Crippen LogP contribution >= 0.6 is 0 Å². The van der Waals surface area contributed by atoms with Gasteiger partial charge in [-0.2, -0.15) is 13.2 Å². The first-order valence-electron chi connectivity index (χ1n) is 11.1. The molecule has 2 heterocycles. The quantitative estimate of drug-likeness (QED) is 0.540. The largest absolute Gasteiger partial charge is 0.416 e. The summed E-state index contributed by atoms with van der Waals surface area (Å²) in [7, 11) is 1.91. The second-order valence-electron chi connectivity index (χ2n) is 9.32. The Morgan fingerprint density at radius 2 is 1.94 bits per heavy atom. The minimum absolute atomic E-state index is 0.0513. The zero-order valence-corrected chi connectivity index (χ0v) is 18.8. The number of fused-ring (bicyclic) bond motifs is 1. The lowest BCUT2D eigenvalue weighted by atomic mass is 9.58. The van der Waals surface area contributed by atoms with Gasteiger partial charge in [0.1, 0.15) is 12.2 Å². The van der Waals surface area contributed by atoms with Gasteiger partial charge in [0.05, 0.1) is 17.5 Å². The Labute approximate surface area is 190 Å². The predicted octanol–water partition coefficient (Wildman–Crippen LogP) is 5.27. The Hall–Kier alpha value is -3.16. The van der Waals surface area contributed by atoms with E-state index in [1.54, 1.807) is 25.4 Å². The summed E-state index contributed by atoms with van der Waals surface area (Å²) < 4.78 is 43.2. The average molecular weight is 454 g/mol. The lowest BCUT2D eigenvalue weighted by Crippen LogP contribution is -2.43. The van der Waals surface area contributed by atoms with E-state index in [0.29, 0.717) is 23.6 Å². The van der Waals surface area contributed by atoms with Crippen molar-refractivity contribution in [3.63, 3.8) is 0 Å². The molecule has 1 aromatic heterocycles. The molecular formula is C25H25F3N4O. The molecule has 1 amide bonds. The molecule has 1 saturated carbocycles. The number of anilines is 1. The van der Waals surface area contributed by atoms with E-state index < -0.39 is 17.6 Å². The van der Waals surface area contributed by atoms with Crippen molar-refractivity contribution in [3.05, 3.63) is 76.4 Å². The zero-order chi connectivity index (χ0) is 23.5.